The Morgan fingerprint density at radius 2 is 2.05 bits per heavy atom. The van der Waals surface area contributed by atoms with Crippen molar-refractivity contribution in [3.8, 4) is 5.75 Å². The quantitative estimate of drug-likeness (QED) is 0.797. The number of aromatic nitrogens is 2. The van der Waals surface area contributed by atoms with Crippen LogP contribution in [0.2, 0.25) is 5.02 Å². The zero-order valence-electron chi connectivity index (χ0n) is 10.1. The van der Waals surface area contributed by atoms with Crippen LogP contribution < -0.4 is 10.5 Å². The lowest BCUT2D eigenvalue weighted by atomic mass is 10.3. The Labute approximate surface area is 115 Å². The highest BCUT2D eigenvalue weighted by Gasteiger charge is 2.07. The number of hydrogen-bond donors (Lipinski definition) is 1. The molecular formula is C14H12ClN3O. The normalized spacial score (nSPS) is 10.8. The number of anilines is 1. The Morgan fingerprint density at radius 3 is 2.89 bits per heavy atom. The van der Waals surface area contributed by atoms with Crippen molar-refractivity contribution in [2.75, 3.05) is 5.73 Å². The summed E-state index contributed by atoms with van der Waals surface area (Å²) in [6.07, 6.45) is 3.66. The summed E-state index contributed by atoms with van der Waals surface area (Å²) < 4.78 is 7.60. The number of halogens is 1. The number of para-hydroxylation sites is 1. The zero-order valence-corrected chi connectivity index (χ0v) is 10.8. The molecule has 3 rings (SSSR count). The van der Waals surface area contributed by atoms with Crippen molar-refractivity contribution in [1.82, 2.24) is 9.38 Å². The van der Waals surface area contributed by atoms with Gasteiger partial charge in [-0.2, -0.15) is 0 Å². The molecule has 0 bridgehead atoms. The van der Waals surface area contributed by atoms with E-state index in [2.05, 4.69) is 4.98 Å². The first kappa shape index (κ1) is 11.9. The van der Waals surface area contributed by atoms with Crippen molar-refractivity contribution < 1.29 is 4.74 Å². The van der Waals surface area contributed by atoms with Gasteiger partial charge in [0.1, 0.15) is 12.4 Å². The number of rotatable bonds is 3. The molecule has 5 heteroatoms. The van der Waals surface area contributed by atoms with E-state index in [1.807, 2.05) is 40.9 Å². The number of ether oxygens (including phenoxy) is 1. The summed E-state index contributed by atoms with van der Waals surface area (Å²) in [4.78, 5) is 4.28. The van der Waals surface area contributed by atoms with E-state index in [1.165, 1.54) is 0 Å². The monoisotopic (exact) mass is 273 g/mol. The lowest BCUT2D eigenvalue weighted by molar-refractivity contribution is 0.300. The molecule has 2 N–H and O–H groups in total. The van der Waals surface area contributed by atoms with Gasteiger partial charge in [-0.1, -0.05) is 23.7 Å². The Bertz CT molecular complexity index is 724. The third kappa shape index (κ3) is 2.22. The van der Waals surface area contributed by atoms with E-state index in [4.69, 9.17) is 22.1 Å². The van der Waals surface area contributed by atoms with E-state index in [-0.39, 0.29) is 0 Å². The van der Waals surface area contributed by atoms with Crippen LogP contribution in [-0.2, 0) is 6.61 Å². The molecule has 0 saturated heterocycles. The second kappa shape index (κ2) is 4.82. The van der Waals surface area contributed by atoms with Gasteiger partial charge in [0, 0.05) is 6.20 Å². The van der Waals surface area contributed by atoms with Gasteiger partial charge < -0.3 is 10.5 Å². The van der Waals surface area contributed by atoms with Crippen LogP contribution in [0.15, 0.2) is 48.8 Å². The maximum atomic E-state index is 6.04. The topological polar surface area (TPSA) is 52.5 Å². The maximum Gasteiger partial charge on any atom is 0.160 e. The zero-order chi connectivity index (χ0) is 13.2. The molecule has 2 heterocycles. The lowest BCUT2D eigenvalue weighted by Crippen LogP contribution is -2.00. The Kier molecular flexibility index (Phi) is 3.01. The van der Waals surface area contributed by atoms with Crippen LogP contribution in [0.4, 0.5) is 5.69 Å². The van der Waals surface area contributed by atoms with Gasteiger partial charge in [-0.05, 0) is 24.3 Å². The first-order valence-corrected chi connectivity index (χ1v) is 6.21. The largest absolute Gasteiger partial charge is 0.486 e. The predicted octanol–water partition coefficient (Wildman–Crippen LogP) is 3.15. The van der Waals surface area contributed by atoms with Crippen molar-refractivity contribution >= 4 is 22.9 Å². The fourth-order valence-electron chi connectivity index (χ4n) is 1.90. The van der Waals surface area contributed by atoms with Gasteiger partial charge in [0.15, 0.2) is 5.65 Å². The standard InChI is InChI=1S/C14H12ClN3O/c15-11-4-1-2-6-13(11)19-9-10-8-17-14-12(16)5-3-7-18(10)14/h1-8H,9,16H2. The third-order valence-corrected chi connectivity index (χ3v) is 3.17. The maximum absolute atomic E-state index is 6.04. The van der Waals surface area contributed by atoms with Crippen LogP contribution in [0.3, 0.4) is 0 Å². The molecule has 0 spiro atoms. The van der Waals surface area contributed by atoms with E-state index in [0.717, 1.165) is 11.3 Å². The minimum Gasteiger partial charge on any atom is -0.486 e. The molecule has 0 amide bonds. The van der Waals surface area contributed by atoms with Crippen LogP contribution in [0.5, 0.6) is 5.75 Å². The van der Waals surface area contributed by atoms with E-state index < -0.39 is 0 Å². The fourth-order valence-corrected chi connectivity index (χ4v) is 2.09. The van der Waals surface area contributed by atoms with E-state index in [0.29, 0.717) is 23.1 Å². The van der Waals surface area contributed by atoms with Gasteiger partial charge in [0.25, 0.3) is 0 Å². The first-order valence-electron chi connectivity index (χ1n) is 5.83. The number of hydrogen-bond acceptors (Lipinski definition) is 3. The molecule has 0 radical (unpaired) electrons. The Hall–Kier alpha value is -2.20. The molecule has 19 heavy (non-hydrogen) atoms. The summed E-state index contributed by atoms with van der Waals surface area (Å²) in [7, 11) is 0. The van der Waals surface area contributed by atoms with Crippen LogP contribution in [-0.4, -0.2) is 9.38 Å². The SMILES string of the molecule is Nc1cccn2c(COc3ccccc3Cl)cnc12. The van der Waals surface area contributed by atoms with Crippen molar-refractivity contribution in [3.05, 3.63) is 59.5 Å². The van der Waals surface area contributed by atoms with E-state index >= 15 is 0 Å². The summed E-state index contributed by atoms with van der Waals surface area (Å²) in [5.41, 5.74) is 8.16. The summed E-state index contributed by atoms with van der Waals surface area (Å²) >= 11 is 6.04. The summed E-state index contributed by atoms with van der Waals surface area (Å²) in [5, 5.41) is 0.593. The molecule has 4 nitrogen and oxygen atoms in total. The molecule has 0 saturated carbocycles. The molecule has 0 aliphatic heterocycles. The molecule has 96 valence electrons. The molecule has 0 aliphatic carbocycles. The lowest BCUT2D eigenvalue weighted by Gasteiger charge is -2.07. The number of imidazole rings is 1. The molecule has 0 atom stereocenters. The summed E-state index contributed by atoms with van der Waals surface area (Å²) in [5.74, 6) is 0.656. The molecule has 3 aromatic rings. The Morgan fingerprint density at radius 1 is 1.21 bits per heavy atom. The highest BCUT2D eigenvalue weighted by Crippen LogP contribution is 2.24. The molecule has 0 aliphatic rings. The molecule has 0 unspecified atom stereocenters. The molecular weight excluding hydrogens is 262 g/mol. The van der Waals surface area contributed by atoms with Crippen molar-refractivity contribution in [2.45, 2.75) is 6.61 Å². The highest BCUT2D eigenvalue weighted by molar-refractivity contribution is 6.32. The van der Waals surface area contributed by atoms with Crippen LogP contribution >= 0.6 is 11.6 Å². The van der Waals surface area contributed by atoms with Crippen molar-refractivity contribution in [1.29, 1.82) is 0 Å². The number of nitrogens with zero attached hydrogens (tertiary/aromatic N) is 2. The Balaban J connectivity index is 1.87. The number of pyridine rings is 1. The van der Waals surface area contributed by atoms with Gasteiger partial charge in [-0.15, -0.1) is 0 Å². The van der Waals surface area contributed by atoms with Crippen LogP contribution in [0, 0.1) is 0 Å². The fraction of sp³-hybridized carbons (Fsp3) is 0.0714. The summed E-state index contributed by atoms with van der Waals surface area (Å²) in [6.45, 7) is 0.383. The predicted molar refractivity (Wildman–Crippen MR) is 75.4 cm³/mol. The minimum atomic E-state index is 0.383. The van der Waals surface area contributed by atoms with Crippen LogP contribution in [0.25, 0.3) is 5.65 Å². The summed E-state index contributed by atoms with van der Waals surface area (Å²) in [6, 6.07) is 11.1. The first-order chi connectivity index (χ1) is 9.25. The second-order valence-corrected chi connectivity index (χ2v) is 4.53. The number of fused-ring (bicyclic) bond motifs is 1. The molecule has 2 aromatic heterocycles. The van der Waals surface area contributed by atoms with Gasteiger partial charge >= 0.3 is 0 Å². The third-order valence-electron chi connectivity index (χ3n) is 2.85. The van der Waals surface area contributed by atoms with Gasteiger partial charge in [-0.3, -0.25) is 4.40 Å². The smallest absolute Gasteiger partial charge is 0.160 e. The van der Waals surface area contributed by atoms with Crippen LogP contribution in [0.1, 0.15) is 5.69 Å². The van der Waals surface area contributed by atoms with Gasteiger partial charge in [-0.25, -0.2) is 4.98 Å². The average Bonchev–Trinajstić information content (AvgIpc) is 2.83. The number of benzene rings is 1. The molecule has 0 fully saturated rings. The van der Waals surface area contributed by atoms with E-state index in [9.17, 15) is 0 Å². The van der Waals surface area contributed by atoms with Crippen molar-refractivity contribution in [2.24, 2.45) is 0 Å². The second-order valence-electron chi connectivity index (χ2n) is 4.13. The molecule has 1 aromatic carbocycles. The average molecular weight is 274 g/mol. The number of nitrogens with two attached hydrogens (primary N) is 1. The van der Waals surface area contributed by atoms with Crippen molar-refractivity contribution in [3.63, 3.8) is 0 Å². The number of nitrogen functional groups attached to an aromatic ring is 1. The van der Waals surface area contributed by atoms with Gasteiger partial charge in [0.05, 0.1) is 22.6 Å². The highest BCUT2D eigenvalue weighted by atomic mass is 35.5. The van der Waals surface area contributed by atoms with E-state index in [1.54, 1.807) is 12.3 Å². The van der Waals surface area contributed by atoms with Gasteiger partial charge in [0.2, 0.25) is 0 Å². The minimum absolute atomic E-state index is 0.383.